The Morgan fingerprint density at radius 2 is 1.90 bits per heavy atom. The van der Waals surface area contributed by atoms with E-state index < -0.39 is 5.54 Å². The number of fused-ring (bicyclic) bond motifs is 3. The van der Waals surface area contributed by atoms with Gasteiger partial charge in [-0.25, -0.2) is 0 Å². The third-order valence-corrected chi connectivity index (χ3v) is 5.34. The highest BCUT2D eigenvalue weighted by atomic mass is 16.7. The first-order valence-electron chi connectivity index (χ1n) is 9.56. The molecule has 0 unspecified atom stereocenters. The highest BCUT2D eigenvalue weighted by Crippen LogP contribution is 2.35. The number of H-pyrrole nitrogens is 1. The molecule has 1 aliphatic rings. The number of amides is 1. The molecule has 0 radical (unpaired) electrons. The van der Waals surface area contributed by atoms with Crippen LogP contribution in [0.1, 0.15) is 29.8 Å². The molecule has 4 aromatic rings. The van der Waals surface area contributed by atoms with E-state index in [2.05, 4.69) is 15.3 Å². The third kappa shape index (κ3) is 2.95. The summed E-state index contributed by atoms with van der Waals surface area (Å²) < 4.78 is 10.8. The van der Waals surface area contributed by atoms with E-state index in [-0.39, 0.29) is 18.1 Å². The van der Waals surface area contributed by atoms with Gasteiger partial charge < -0.3 is 19.8 Å². The van der Waals surface area contributed by atoms with Gasteiger partial charge in [0.2, 0.25) is 12.2 Å². The summed E-state index contributed by atoms with van der Waals surface area (Å²) in [5, 5.41) is 3.55. The summed E-state index contributed by atoms with van der Waals surface area (Å²) in [4.78, 5) is 33.0. The van der Waals surface area contributed by atoms with Gasteiger partial charge in [0, 0.05) is 17.1 Å². The minimum atomic E-state index is -0.645. The zero-order valence-electron chi connectivity index (χ0n) is 16.5. The van der Waals surface area contributed by atoms with Crippen molar-refractivity contribution in [3.8, 4) is 11.5 Å². The molecule has 2 aromatic heterocycles. The number of carbonyl (C=O) groups is 1. The molecule has 0 spiro atoms. The molecule has 7 nitrogen and oxygen atoms in total. The van der Waals surface area contributed by atoms with E-state index in [0.717, 1.165) is 5.56 Å². The minimum Gasteiger partial charge on any atom is -0.454 e. The summed E-state index contributed by atoms with van der Waals surface area (Å²) >= 11 is 0. The second-order valence-electron chi connectivity index (χ2n) is 7.76. The number of aromatic amines is 1. The highest BCUT2D eigenvalue weighted by molar-refractivity contribution is 5.99. The molecular weight excluding hydrogens is 382 g/mol. The Hall–Kier alpha value is -3.87. The lowest BCUT2D eigenvalue weighted by molar-refractivity contribution is 0.0912. The number of nitrogens with zero attached hydrogens (tertiary/aromatic N) is 1. The van der Waals surface area contributed by atoms with Crippen LogP contribution in [0.3, 0.4) is 0 Å². The van der Waals surface area contributed by atoms with Gasteiger partial charge in [-0.3, -0.25) is 14.6 Å². The normalized spacial score (nSPS) is 13.0. The lowest BCUT2D eigenvalue weighted by atomic mass is 9.93. The number of hydrogen-bond donors (Lipinski definition) is 2. The Kier molecular flexibility index (Phi) is 3.99. The molecule has 150 valence electrons. The van der Waals surface area contributed by atoms with Gasteiger partial charge in [0.25, 0.3) is 5.91 Å². The molecule has 30 heavy (non-hydrogen) atoms. The number of carbonyl (C=O) groups excluding carboxylic acids is 1. The summed E-state index contributed by atoms with van der Waals surface area (Å²) in [6, 6.07) is 14.2. The second-order valence-corrected chi connectivity index (χ2v) is 7.76. The second kappa shape index (κ2) is 6.59. The Morgan fingerprint density at radius 1 is 1.07 bits per heavy atom. The lowest BCUT2D eigenvalue weighted by Crippen LogP contribution is -2.41. The fourth-order valence-corrected chi connectivity index (χ4v) is 3.66. The van der Waals surface area contributed by atoms with Crippen molar-refractivity contribution < 1.29 is 14.3 Å². The quantitative estimate of drug-likeness (QED) is 0.513. The Morgan fingerprint density at radius 3 is 2.77 bits per heavy atom. The molecule has 0 aliphatic carbocycles. The van der Waals surface area contributed by atoms with Crippen LogP contribution in [0, 0.1) is 0 Å². The zero-order valence-corrected chi connectivity index (χ0v) is 16.5. The third-order valence-electron chi connectivity index (χ3n) is 5.34. The maximum atomic E-state index is 13.0. The van der Waals surface area contributed by atoms with Gasteiger partial charge in [0.1, 0.15) is 5.52 Å². The van der Waals surface area contributed by atoms with Crippen molar-refractivity contribution in [3.05, 3.63) is 76.1 Å². The van der Waals surface area contributed by atoms with Crippen molar-refractivity contribution in [2.75, 3.05) is 6.79 Å². The first kappa shape index (κ1) is 18.2. The average Bonchev–Trinajstić information content (AvgIpc) is 3.21. The van der Waals surface area contributed by atoms with E-state index in [1.807, 2.05) is 32.0 Å². The zero-order chi connectivity index (χ0) is 20.9. The predicted octanol–water partition coefficient (Wildman–Crippen LogP) is 3.47. The summed E-state index contributed by atoms with van der Waals surface area (Å²) in [7, 11) is 0. The molecule has 0 saturated carbocycles. The monoisotopic (exact) mass is 401 g/mol. The van der Waals surface area contributed by atoms with E-state index in [4.69, 9.17) is 9.47 Å². The molecule has 5 rings (SSSR count). The SMILES string of the molecule is CC(C)(NC(=O)c1ccc2c(=O)c3ncccc3[nH]c2c1)c1ccc2c(c1)OCO2. The van der Waals surface area contributed by atoms with Crippen molar-refractivity contribution in [2.24, 2.45) is 0 Å². The van der Waals surface area contributed by atoms with E-state index in [1.165, 1.54) is 0 Å². The molecular formula is C23H19N3O4. The maximum absolute atomic E-state index is 13.0. The van der Waals surface area contributed by atoms with E-state index in [0.29, 0.717) is 39.0 Å². The van der Waals surface area contributed by atoms with E-state index in [9.17, 15) is 9.59 Å². The van der Waals surface area contributed by atoms with Crippen molar-refractivity contribution in [1.29, 1.82) is 0 Å². The molecule has 3 heterocycles. The van der Waals surface area contributed by atoms with E-state index >= 15 is 0 Å². The van der Waals surface area contributed by atoms with Crippen LogP contribution >= 0.6 is 0 Å². The number of ether oxygens (including phenoxy) is 2. The van der Waals surface area contributed by atoms with Crippen molar-refractivity contribution in [1.82, 2.24) is 15.3 Å². The summed E-state index contributed by atoms with van der Waals surface area (Å²) in [6.07, 6.45) is 1.59. The molecule has 1 aliphatic heterocycles. The average molecular weight is 401 g/mol. The van der Waals surface area contributed by atoms with E-state index in [1.54, 1.807) is 36.5 Å². The van der Waals surface area contributed by atoms with Crippen LogP contribution in [-0.4, -0.2) is 22.7 Å². The van der Waals surface area contributed by atoms with Gasteiger partial charge in [0.05, 0.1) is 16.6 Å². The van der Waals surface area contributed by atoms with Gasteiger partial charge in [-0.1, -0.05) is 6.07 Å². The first-order chi connectivity index (χ1) is 14.4. The number of aromatic nitrogens is 2. The van der Waals surface area contributed by atoms with Gasteiger partial charge in [-0.2, -0.15) is 0 Å². The van der Waals surface area contributed by atoms with Crippen LogP contribution in [0.25, 0.3) is 21.9 Å². The first-order valence-corrected chi connectivity index (χ1v) is 9.56. The molecule has 0 saturated heterocycles. The van der Waals surface area contributed by atoms with Gasteiger partial charge >= 0.3 is 0 Å². The number of rotatable bonds is 3. The standard InChI is InChI=1S/C23H19N3O4/c1-23(2,14-6-8-18-19(11-14)30-12-29-18)26-22(28)13-5-7-15-17(10-13)25-16-4-3-9-24-20(16)21(15)27/h3-11H,12H2,1-2H3,(H,25,27)(H,26,28). The smallest absolute Gasteiger partial charge is 0.252 e. The summed E-state index contributed by atoms with van der Waals surface area (Å²) in [5.41, 5.74) is 2.15. The highest BCUT2D eigenvalue weighted by Gasteiger charge is 2.26. The molecule has 0 atom stereocenters. The number of benzene rings is 2. The Labute approximate surface area is 171 Å². The van der Waals surface area contributed by atoms with Crippen LogP contribution in [0.5, 0.6) is 11.5 Å². The summed E-state index contributed by atoms with van der Waals surface area (Å²) in [6.45, 7) is 4.04. The van der Waals surface area contributed by atoms with Crippen molar-refractivity contribution in [2.45, 2.75) is 19.4 Å². The molecule has 2 N–H and O–H groups in total. The summed E-state index contributed by atoms with van der Waals surface area (Å²) in [5.74, 6) is 1.12. The van der Waals surface area contributed by atoms with Crippen LogP contribution in [0.15, 0.2) is 59.5 Å². The largest absolute Gasteiger partial charge is 0.454 e. The van der Waals surface area contributed by atoms with Crippen LogP contribution < -0.4 is 20.2 Å². The fourth-order valence-electron chi connectivity index (χ4n) is 3.66. The molecule has 0 bridgehead atoms. The van der Waals surface area contributed by atoms with Gasteiger partial charge in [-0.05, 0) is 61.9 Å². The maximum Gasteiger partial charge on any atom is 0.252 e. The fraction of sp³-hybridized carbons (Fsp3) is 0.174. The molecule has 7 heteroatoms. The van der Waals surface area contributed by atoms with Crippen LogP contribution in [0.4, 0.5) is 0 Å². The van der Waals surface area contributed by atoms with Gasteiger partial charge in [0.15, 0.2) is 11.5 Å². The van der Waals surface area contributed by atoms with Crippen molar-refractivity contribution >= 4 is 27.8 Å². The van der Waals surface area contributed by atoms with Crippen LogP contribution in [-0.2, 0) is 5.54 Å². The van der Waals surface area contributed by atoms with Crippen LogP contribution in [0.2, 0.25) is 0 Å². The number of hydrogen-bond acceptors (Lipinski definition) is 5. The lowest BCUT2D eigenvalue weighted by Gasteiger charge is -2.27. The molecule has 0 fully saturated rings. The van der Waals surface area contributed by atoms with Crippen molar-refractivity contribution in [3.63, 3.8) is 0 Å². The number of nitrogens with one attached hydrogen (secondary N) is 2. The number of pyridine rings is 2. The minimum absolute atomic E-state index is 0.160. The predicted molar refractivity (Wildman–Crippen MR) is 113 cm³/mol. The van der Waals surface area contributed by atoms with Gasteiger partial charge in [-0.15, -0.1) is 0 Å². The molecule has 2 aromatic carbocycles. The molecule has 1 amide bonds. The Balaban J connectivity index is 1.48. The Bertz CT molecular complexity index is 1370. The topological polar surface area (TPSA) is 93.3 Å².